The highest BCUT2D eigenvalue weighted by atomic mass is 79.9. The summed E-state index contributed by atoms with van der Waals surface area (Å²) in [5.74, 6) is 0.867. The van der Waals surface area contributed by atoms with Crippen molar-refractivity contribution < 1.29 is 19.1 Å². The molecule has 4 rings (SSSR count). The zero-order valence-electron chi connectivity index (χ0n) is 18.2. The molecule has 1 saturated heterocycles. The minimum absolute atomic E-state index is 0.260. The molecule has 0 atom stereocenters. The van der Waals surface area contributed by atoms with E-state index in [2.05, 4.69) is 15.9 Å². The van der Waals surface area contributed by atoms with Crippen LogP contribution in [0.25, 0.3) is 6.08 Å². The van der Waals surface area contributed by atoms with Gasteiger partial charge in [0.2, 0.25) is 0 Å². The second kappa shape index (κ2) is 10.3. The number of hydrogen-bond acceptors (Lipinski definition) is 5. The van der Waals surface area contributed by atoms with Crippen molar-refractivity contribution in [2.75, 3.05) is 7.11 Å². The highest BCUT2D eigenvalue weighted by Crippen LogP contribution is 2.35. The van der Waals surface area contributed by atoms with Crippen molar-refractivity contribution >= 4 is 44.9 Å². The van der Waals surface area contributed by atoms with E-state index in [1.165, 1.54) is 4.90 Å². The maximum absolute atomic E-state index is 12.9. The van der Waals surface area contributed by atoms with E-state index in [1.54, 1.807) is 25.3 Å². The Morgan fingerprint density at radius 1 is 0.970 bits per heavy atom. The van der Waals surface area contributed by atoms with E-state index in [4.69, 9.17) is 9.47 Å². The number of amides is 2. The van der Waals surface area contributed by atoms with Crippen LogP contribution in [0.4, 0.5) is 4.79 Å². The van der Waals surface area contributed by atoms with Crippen LogP contribution in [0.15, 0.2) is 76.1 Å². The topological polar surface area (TPSA) is 55.8 Å². The lowest BCUT2D eigenvalue weighted by atomic mass is 10.1. The van der Waals surface area contributed by atoms with E-state index in [0.29, 0.717) is 23.0 Å². The van der Waals surface area contributed by atoms with Crippen molar-refractivity contribution in [3.05, 3.63) is 98.4 Å². The van der Waals surface area contributed by atoms with Crippen molar-refractivity contribution in [2.45, 2.75) is 20.1 Å². The number of halogens is 1. The number of aryl methyl sites for hydroxylation is 1. The standard InChI is InChI=1S/C26H22BrNO4S/c1-17-4-3-5-20(12-17)15-28-25(29)24(33-26(28)30)14-19-8-11-22(23(13-19)31-2)32-16-18-6-9-21(27)10-7-18/h3-14H,15-16H2,1-2H3/b24-14-. The zero-order valence-corrected chi connectivity index (χ0v) is 20.6. The highest BCUT2D eigenvalue weighted by Gasteiger charge is 2.35. The van der Waals surface area contributed by atoms with Crippen molar-refractivity contribution in [3.63, 3.8) is 0 Å². The molecule has 0 unspecified atom stereocenters. The number of rotatable bonds is 7. The van der Waals surface area contributed by atoms with Crippen LogP contribution in [0, 0.1) is 6.92 Å². The molecule has 33 heavy (non-hydrogen) atoms. The van der Waals surface area contributed by atoms with Crippen molar-refractivity contribution in [2.24, 2.45) is 0 Å². The molecule has 0 spiro atoms. The van der Waals surface area contributed by atoms with Gasteiger partial charge in [0.15, 0.2) is 11.5 Å². The van der Waals surface area contributed by atoms with E-state index in [9.17, 15) is 9.59 Å². The summed E-state index contributed by atoms with van der Waals surface area (Å²) in [6, 6.07) is 21.1. The van der Waals surface area contributed by atoms with Gasteiger partial charge in [-0.2, -0.15) is 0 Å². The maximum Gasteiger partial charge on any atom is 0.293 e. The van der Waals surface area contributed by atoms with Gasteiger partial charge in [-0.25, -0.2) is 0 Å². The van der Waals surface area contributed by atoms with Gasteiger partial charge in [0, 0.05) is 4.47 Å². The average molecular weight is 524 g/mol. The third-order valence-electron chi connectivity index (χ3n) is 5.09. The number of carbonyl (C=O) groups is 2. The SMILES string of the molecule is COc1cc(/C=C2\SC(=O)N(Cc3cccc(C)c3)C2=O)ccc1OCc1ccc(Br)cc1. The lowest BCUT2D eigenvalue weighted by Crippen LogP contribution is -2.27. The van der Waals surface area contributed by atoms with Crippen LogP contribution in [0.1, 0.15) is 22.3 Å². The first-order valence-corrected chi connectivity index (χ1v) is 11.9. The van der Waals surface area contributed by atoms with E-state index < -0.39 is 0 Å². The molecule has 0 aromatic heterocycles. The van der Waals surface area contributed by atoms with Gasteiger partial charge in [0.1, 0.15) is 6.61 Å². The summed E-state index contributed by atoms with van der Waals surface area (Å²) in [5.41, 5.74) is 3.80. The smallest absolute Gasteiger partial charge is 0.293 e. The lowest BCUT2D eigenvalue weighted by molar-refractivity contribution is -0.123. The quantitative estimate of drug-likeness (QED) is 0.327. The Morgan fingerprint density at radius 3 is 2.48 bits per heavy atom. The minimum Gasteiger partial charge on any atom is -0.493 e. The predicted molar refractivity (Wildman–Crippen MR) is 134 cm³/mol. The molecule has 0 saturated carbocycles. The summed E-state index contributed by atoms with van der Waals surface area (Å²) in [6.45, 7) is 2.65. The summed E-state index contributed by atoms with van der Waals surface area (Å²) < 4.78 is 12.4. The highest BCUT2D eigenvalue weighted by molar-refractivity contribution is 9.10. The van der Waals surface area contributed by atoms with Gasteiger partial charge >= 0.3 is 0 Å². The van der Waals surface area contributed by atoms with Crippen LogP contribution in [0.5, 0.6) is 11.5 Å². The summed E-state index contributed by atoms with van der Waals surface area (Å²) >= 11 is 4.37. The van der Waals surface area contributed by atoms with Gasteiger partial charge < -0.3 is 9.47 Å². The number of methoxy groups -OCH3 is 1. The largest absolute Gasteiger partial charge is 0.493 e. The molecule has 0 radical (unpaired) electrons. The van der Waals surface area contributed by atoms with E-state index in [-0.39, 0.29) is 17.7 Å². The van der Waals surface area contributed by atoms with E-state index in [1.807, 2.05) is 61.5 Å². The predicted octanol–water partition coefficient (Wildman–Crippen LogP) is 6.58. The number of imide groups is 1. The van der Waals surface area contributed by atoms with Crippen molar-refractivity contribution in [3.8, 4) is 11.5 Å². The second-order valence-electron chi connectivity index (χ2n) is 7.58. The Kier molecular flexibility index (Phi) is 7.20. The molecule has 3 aromatic carbocycles. The monoisotopic (exact) mass is 523 g/mol. The van der Waals surface area contributed by atoms with Crippen LogP contribution in [0.3, 0.4) is 0 Å². The lowest BCUT2D eigenvalue weighted by Gasteiger charge is -2.13. The molecule has 1 heterocycles. The molecule has 2 amide bonds. The minimum atomic E-state index is -0.291. The van der Waals surface area contributed by atoms with Gasteiger partial charge in [-0.15, -0.1) is 0 Å². The molecule has 1 fully saturated rings. The van der Waals surface area contributed by atoms with Crippen molar-refractivity contribution in [1.82, 2.24) is 4.90 Å². The van der Waals surface area contributed by atoms with Crippen LogP contribution >= 0.6 is 27.7 Å². The summed E-state index contributed by atoms with van der Waals surface area (Å²) in [4.78, 5) is 27.0. The number of thioether (sulfide) groups is 1. The van der Waals surface area contributed by atoms with Crippen LogP contribution in [-0.2, 0) is 17.9 Å². The number of nitrogens with zero attached hydrogens (tertiary/aromatic N) is 1. The molecular weight excluding hydrogens is 502 g/mol. The first-order valence-electron chi connectivity index (χ1n) is 10.3. The molecule has 1 aliphatic heterocycles. The molecule has 5 nitrogen and oxygen atoms in total. The molecule has 0 bridgehead atoms. The molecule has 168 valence electrons. The number of benzene rings is 3. The molecule has 1 aliphatic rings. The molecule has 7 heteroatoms. The summed E-state index contributed by atoms with van der Waals surface area (Å²) in [5, 5.41) is -0.269. The Morgan fingerprint density at radius 2 is 1.76 bits per heavy atom. The number of carbonyl (C=O) groups excluding carboxylic acids is 2. The average Bonchev–Trinajstić information content (AvgIpc) is 3.06. The van der Waals surface area contributed by atoms with Crippen LogP contribution in [0.2, 0.25) is 0 Å². The van der Waals surface area contributed by atoms with E-state index in [0.717, 1.165) is 38.5 Å². The molecule has 0 N–H and O–H groups in total. The fourth-order valence-corrected chi connectivity index (χ4v) is 4.52. The number of hydrogen-bond donors (Lipinski definition) is 0. The first kappa shape index (κ1) is 23.1. The zero-order chi connectivity index (χ0) is 23.4. The van der Waals surface area contributed by atoms with Gasteiger partial charge in [-0.1, -0.05) is 64.0 Å². The van der Waals surface area contributed by atoms with Crippen LogP contribution in [-0.4, -0.2) is 23.2 Å². The molecule has 3 aromatic rings. The van der Waals surface area contributed by atoms with Gasteiger partial charge in [-0.3, -0.25) is 14.5 Å². The summed E-state index contributed by atoms with van der Waals surface area (Å²) in [6.07, 6.45) is 1.71. The van der Waals surface area contributed by atoms with Gasteiger partial charge in [0.05, 0.1) is 18.6 Å². The third kappa shape index (κ3) is 5.67. The van der Waals surface area contributed by atoms with Gasteiger partial charge in [0.25, 0.3) is 11.1 Å². The fraction of sp³-hybridized carbons (Fsp3) is 0.154. The van der Waals surface area contributed by atoms with Crippen LogP contribution < -0.4 is 9.47 Å². The molecule has 0 aliphatic carbocycles. The second-order valence-corrected chi connectivity index (χ2v) is 9.49. The third-order valence-corrected chi connectivity index (χ3v) is 6.53. The normalized spacial score (nSPS) is 14.8. The maximum atomic E-state index is 12.9. The van der Waals surface area contributed by atoms with Crippen molar-refractivity contribution in [1.29, 1.82) is 0 Å². The first-order chi connectivity index (χ1) is 15.9. The number of ether oxygens (including phenoxy) is 2. The van der Waals surface area contributed by atoms with E-state index >= 15 is 0 Å². The Labute approximate surface area is 205 Å². The Hall–Kier alpha value is -3.03. The Balaban J connectivity index is 1.48. The Bertz CT molecular complexity index is 1220. The molecular formula is C26H22BrNO4S. The fourth-order valence-electron chi connectivity index (χ4n) is 3.42. The summed E-state index contributed by atoms with van der Waals surface area (Å²) in [7, 11) is 1.57. The van der Waals surface area contributed by atoms with Gasteiger partial charge in [-0.05, 0) is 65.7 Å².